The second-order valence-corrected chi connectivity index (χ2v) is 4.37. The van der Waals surface area contributed by atoms with Crippen molar-refractivity contribution in [1.82, 2.24) is 0 Å². The van der Waals surface area contributed by atoms with Gasteiger partial charge in [-0.1, -0.05) is 12.1 Å². The first-order valence-electron chi connectivity index (χ1n) is 6.03. The molecule has 0 aliphatic carbocycles. The van der Waals surface area contributed by atoms with E-state index in [0.29, 0.717) is 37.4 Å². The molecular weight excluding hydrogens is 232 g/mol. The Morgan fingerprint density at radius 3 is 2.61 bits per heavy atom. The largest absolute Gasteiger partial charge is 0.497 e. The van der Waals surface area contributed by atoms with Crippen LogP contribution in [0.3, 0.4) is 0 Å². The number of hydrogen-bond acceptors (Lipinski definition) is 4. The van der Waals surface area contributed by atoms with E-state index in [1.165, 1.54) is 0 Å². The molecule has 0 radical (unpaired) electrons. The molecule has 1 heterocycles. The summed E-state index contributed by atoms with van der Waals surface area (Å²) < 4.78 is 15.9. The first kappa shape index (κ1) is 13.1. The quantitative estimate of drug-likeness (QED) is 0.767. The predicted molar refractivity (Wildman–Crippen MR) is 67.1 cm³/mol. The molecule has 1 aromatic carbocycles. The van der Waals surface area contributed by atoms with Crippen LogP contribution in [0.4, 0.5) is 0 Å². The Kier molecular flexibility index (Phi) is 3.99. The maximum absolute atomic E-state index is 12.6. The fourth-order valence-electron chi connectivity index (χ4n) is 2.25. The molecule has 0 spiro atoms. The highest BCUT2D eigenvalue weighted by molar-refractivity contribution is 6.02. The summed E-state index contributed by atoms with van der Waals surface area (Å²) >= 11 is 0. The minimum atomic E-state index is -0.745. The molecule has 0 aromatic heterocycles. The van der Waals surface area contributed by atoms with Crippen molar-refractivity contribution in [1.29, 1.82) is 0 Å². The fourth-order valence-corrected chi connectivity index (χ4v) is 2.25. The zero-order valence-corrected chi connectivity index (χ0v) is 10.8. The summed E-state index contributed by atoms with van der Waals surface area (Å²) in [6.07, 6.45) is 1.19. The number of carbonyl (C=O) groups is 1. The Labute approximate surface area is 107 Å². The maximum Gasteiger partial charge on any atom is 0.194 e. The monoisotopic (exact) mass is 250 g/mol. The zero-order valence-electron chi connectivity index (χ0n) is 10.8. The van der Waals surface area contributed by atoms with E-state index in [0.717, 1.165) is 0 Å². The molecule has 1 aliphatic rings. The molecule has 0 N–H and O–H groups in total. The lowest BCUT2D eigenvalue weighted by molar-refractivity contribution is -0.0663. The first-order valence-corrected chi connectivity index (χ1v) is 6.03. The van der Waals surface area contributed by atoms with Crippen molar-refractivity contribution in [2.75, 3.05) is 27.4 Å². The molecule has 0 amide bonds. The van der Waals surface area contributed by atoms with Gasteiger partial charge in [0.1, 0.15) is 11.4 Å². The van der Waals surface area contributed by atoms with Crippen molar-refractivity contribution in [2.45, 2.75) is 18.4 Å². The highest BCUT2D eigenvalue weighted by atomic mass is 16.5. The Morgan fingerprint density at radius 2 is 2.00 bits per heavy atom. The summed E-state index contributed by atoms with van der Waals surface area (Å²) in [7, 11) is 3.17. The normalized spacial score (nSPS) is 18.3. The van der Waals surface area contributed by atoms with Crippen molar-refractivity contribution < 1.29 is 19.0 Å². The summed E-state index contributed by atoms with van der Waals surface area (Å²) in [5, 5.41) is 0. The lowest BCUT2D eigenvalue weighted by Crippen LogP contribution is -2.45. The van der Waals surface area contributed by atoms with E-state index in [2.05, 4.69) is 0 Å². The average Bonchev–Trinajstić information content (AvgIpc) is 2.47. The van der Waals surface area contributed by atoms with E-state index in [-0.39, 0.29) is 5.78 Å². The standard InChI is InChI=1S/C14H18O4/c1-16-12-5-3-4-11(10-12)13(15)14(17-2)6-8-18-9-7-14/h3-5,10H,6-9H2,1-2H3. The molecular formula is C14H18O4. The van der Waals surface area contributed by atoms with Gasteiger partial charge in [0.2, 0.25) is 0 Å². The third-order valence-corrected chi connectivity index (χ3v) is 3.44. The van der Waals surface area contributed by atoms with Gasteiger partial charge in [-0.25, -0.2) is 0 Å². The number of hydrogen-bond donors (Lipinski definition) is 0. The van der Waals surface area contributed by atoms with Gasteiger partial charge in [0.25, 0.3) is 0 Å². The predicted octanol–water partition coefficient (Wildman–Crippen LogP) is 2.07. The van der Waals surface area contributed by atoms with Gasteiger partial charge in [-0.2, -0.15) is 0 Å². The van der Waals surface area contributed by atoms with E-state index >= 15 is 0 Å². The number of ketones is 1. The molecule has 4 nitrogen and oxygen atoms in total. The average molecular weight is 250 g/mol. The second kappa shape index (κ2) is 5.50. The smallest absolute Gasteiger partial charge is 0.194 e. The van der Waals surface area contributed by atoms with Gasteiger partial charge in [-0.15, -0.1) is 0 Å². The van der Waals surface area contributed by atoms with Crippen LogP contribution in [0.25, 0.3) is 0 Å². The summed E-state index contributed by atoms with van der Waals surface area (Å²) in [6, 6.07) is 7.18. The summed E-state index contributed by atoms with van der Waals surface area (Å²) in [5.41, 5.74) is -0.122. The van der Waals surface area contributed by atoms with Crippen LogP contribution in [0.2, 0.25) is 0 Å². The van der Waals surface area contributed by atoms with E-state index in [1.54, 1.807) is 26.4 Å². The molecule has 1 aliphatic heterocycles. The van der Waals surface area contributed by atoms with Gasteiger partial charge in [-0.3, -0.25) is 4.79 Å². The van der Waals surface area contributed by atoms with Crippen molar-refractivity contribution in [3.8, 4) is 5.75 Å². The van der Waals surface area contributed by atoms with Gasteiger partial charge in [0.05, 0.1) is 7.11 Å². The third-order valence-electron chi connectivity index (χ3n) is 3.44. The van der Waals surface area contributed by atoms with Gasteiger partial charge >= 0.3 is 0 Å². The molecule has 0 unspecified atom stereocenters. The molecule has 1 saturated heterocycles. The van der Waals surface area contributed by atoms with Crippen LogP contribution in [-0.2, 0) is 9.47 Å². The van der Waals surface area contributed by atoms with Crippen LogP contribution in [0, 0.1) is 0 Å². The fraction of sp³-hybridized carbons (Fsp3) is 0.500. The van der Waals surface area contributed by atoms with Crippen LogP contribution < -0.4 is 4.74 Å². The van der Waals surface area contributed by atoms with Gasteiger partial charge in [0, 0.05) is 38.7 Å². The van der Waals surface area contributed by atoms with Crippen LogP contribution >= 0.6 is 0 Å². The van der Waals surface area contributed by atoms with Crippen LogP contribution in [0.1, 0.15) is 23.2 Å². The van der Waals surface area contributed by atoms with Gasteiger partial charge in [0.15, 0.2) is 5.78 Å². The SMILES string of the molecule is COc1cccc(C(=O)C2(OC)CCOCC2)c1. The molecule has 1 fully saturated rings. The lowest BCUT2D eigenvalue weighted by Gasteiger charge is -2.34. The topological polar surface area (TPSA) is 44.8 Å². The number of Topliss-reactive ketones (excluding diaryl/α,β-unsaturated/α-hetero) is 1. The van der Waals surface area contributed by atoms with Crippen LogP contribution in [0.5, 0.6) is 5.75 Å². The van der Waals surface area contributed by atoms with Gasteiger partial charge < -0.3 is 14.2 Å². The Hall–Kier alpha value is -1.39. The molecule has 18 heavy (non-hydrogen) atoms. The molecule has 0 saturated carbocycles. The van der Waals surface area contributed by atoms with Gasteiger partial charge in [-0.05, 0) is 12.1 Å². The van der Waals surface area contributed by atoms with Crippen LogP contribution in [0.15, 0.2) is 24.3 Å². The van der Waals surface area contributed by atoms with Crippen LogP contribution in [-0.4, -0.2) is 38.8 Å². The second-order valence-electron chi connectivity index (χ2n) is 4.37. The van der Waals surface area contributed by atoms with Crippen molar-refractivity contribution in [3.63, 3.8) is 0 Å². The minimum absolute atomic E-state index is 0.00667. The molecule has 1 aromatic rings. The zero-order chi connectivity index (χ0) is 13.0. The lowest BCUT2D eigenvalue weighted by atomic mass is 9.85. The highest BCUT2D eigenvalue weighted by Gasteiger charge is 2.40. The number of methoxy groups -OCH3 is 2. The van der Waals surface area contributed by atoms with E-state index < -0.39 is 5.60 Å². The van der Waals surface area contributed by atoms with Crippen molar-refractivity contribution in [3.05, 3.63) is 29.8 Å². The Balaban J connectivity index is 2.27. The molecule has 0 bridgehead atoms. The Morgan fingerprint density at radius 1 is 1.28 bits per heavy atom. The molecule has 0 atom stereocenters. The van der Waals surface area contributed by atoms with E-state index in [1.807, 2.05) is 12.1 Å². The van der Waals surface area contributed by atoms with E-state index in [4.69, 9.17) is 14.2 Å². The number of rotatable bonds is 4. The highest BCUT2D eigenvalue weighted by Crippen LogP contribution is 2.29. The summed E-state index contributed by atoms with van der Waals surface area (Å²) in [6.45, 7) is 1.12. The van der Waals surface area contributed by atoms with E-state index in [9.17, 15) is 4.79 Å². The van der Waals surface area contributed by atoms with Crippen molar-refractivity contribution >= 4 is 5.78 Å². The summed E-state index contributed by atoms with van der Waals surface area (Å²) in [5.74, 6) is 0.686. The first-order chi connectivity index (χ1) is 8.72. The number of ether oxygens (including phenoxy) is 3. The van der Waals surface area contributed by atoms with Crippen molar-refractivity contribution in [2.24, 2.45) is 0 Å². The maximum atomic E-state index is 12.6. The minimum Gasteiger partial charge on any atom is -0.497 e. The molecule has 2 rings (SSSR count). The number of carbonyl (C=O) groups excluding carboxylic acids is 1. The number of benzene rings is 1. The molecule has 98 valence electrons. The third kappa shape index (κ3) is 2.40. The summed E-state index contributed by atoms with van der Waals surface area (Å²) in [4.78, 5) is 12.6. The Bertz CT molecular complexity index is 422. The molecule has 4 heteroatoms.